The number of hydrogen-bond acceptors (Lipinski definition) is 6. The van der Waals surface area contributed by atoms with Gasteiger partial charge in [-0.05, 0) is 50.5 Å². The van der Waals surface area contributed by atoms with E-state index in [1.807, 2.05) is 68.7 Å². The Labute approximate surface area is 170 Å². The molecule has 0 spiro atoms. The molecule has 0 radical (unpaired) electrons. The maximum absolute atomic E-state index is 12.7. The molecule has 152 valence electrons. The molecule has 2 aromatic carbocycles. The molecule has 3 aromatic rings. The van der Waals surface area contributed by atoms with Gasteiger partial charge in [0.05, 0.1) is 6.54 Å². The zero-order chi connectivity index (χ0) is 20.5. The number of para-hydroxylation sites is 1. The Kier molecular flexibility index (Phi) is 7.24. The second kappa shape index (κ2) is 10.3. The zero-order valence-corrected chi connectivity index (χ0v) is 16.7. The van der Waals surface area contributed by atoms with Gasteiger partial charge in [-0.2, -0.15) is 0 Å². The van der Waals surface area contributed by atoms with Crippen LogP contribution in [0.5, 0.6) is 11.5 Å². The fourth-order valence-corrected chi connectivity index (χ4v) is 2.64. The highest BCUT2D eigenvalue weighted by molar-refractivity contribution is 5.41. The standard InChI is InChI=1S/C22H26N4O3/c1-25(2)15-17-29-20-10-8-18(9-11-20)26-14-12-23-21(22(26)27)24-13-16-28-19-6-4-3-5-7-19/h3-12,14H,13,15-17H2,1-2H3,(H,23,24). The van der Waals surface area contributed by atoms with E-state index in [1.165, 1.54) is 0 Å². The quantitative estimate of drug-likeness (QED) is 0.533. The second-order valence-corrected chi connectivity index (χ2v) is 6.68. The van der Waals surface area contributed by atoms with Crippen molar-refractivity contribution in [2.75, 3.05) is 45.7 Å². The van der Waals surface area contributed by atoms with Crippen molar-refractivity contribution in [1.29, 1.82) is 0 Å². The van der Waals surface area contributed by atoms with Gasteiger partial charge in [-0.15, -0.1) is 0 Å². The van der Waals surface area contributed by atoms with Crippen LogP contribution in [0.25, 0.3) is 5.69 Å². The van der Waals surface area contributed by atoms with Gasteiger partial charge < -0.3 is 19.7 Å². The van der Waals surface area contributed by atoms with E-state index in [0.29, 0.717) is 19.8 Å². The van der Waals surface area contributed by atoms with Crippen molar-refractivity contribution in [2.45, 2.75) is 0 Å². The molecule has 3 rings (SSSR count). The third-order valence-electron chi connectivity index (χ3n) is 4.17. The summed E-state index contributed by atoms with van der Waals surface area (Å²) < 4.78 is 12.9. The lowest BCUT2D eigenvalue weighted by molar-refractivity contribution is 0.261. The Morgan fingerprint density at radius 2 is 1.66 bits per heavy atom. The van der Waals surface area contributed by atoms with Gasteiger partial charge in [0.2, 0.25) is 0 Å². The van der Waals surface area contributed by atoms with Gasteiger partial charge in [0, 0.05) is 24.6 Å². The molecule has 7 heteroatoms. The fourth-order valence-electron chi connectivity index (χ4n) is 2.64. The lowest BCUT2D eigenvalue weighted by Crippen LogP contribution is -2.25. The maximum atomic E-state index is 12.7. The average Bonchev–Trinajstić information content (AvgIpc) is 2.73. The number of anilines is 1. The molecule has 0 saturated heterocycles. The summed E-state index contributed by atoms with van der Waals surface area (Å²) in [7, 11) is 4.00. The highest BCUT2D eigenvalue weighted by Gasteiger charge is 2.07. The minimum atomic E-state index is -0.214. The van der Waals surface area contributed by atoms with Crippen molar-refractivity contribution in [1.82, 2.24) is 14.5 Å². The van der Waals surface area contributed by atoms with E-state index in [2.05, 4.69) is 15.2 Å². The molecule has 0 fully saturated rings. The first-order valence-corrected chi connectivity index (χ1v) is 9.51. The van der Waals surface area contributed by atoms with Crippen LogP contribution >= 0.6 is 0 Å². The van der Waals surface area contributed by atoms with Crippen LogP contribution in [0.4, 0.5) is 5.82 Å². The Morgan fingerprint density at radius 1 is 0.966 bits per heavy atom. The summed E-state index contributed by atoms with van der Waals surface area (Å²) in [6, 6.07) is 17.0. The summed E-state index contributed by atoms with van der Waals surface area (Å²) in [5, 5.41) is 3.04. The van der Waals surface area contributed by atoms with Crippen molar-refractivity contribution in [2.24, 2.45) is 0 Å². The van der Waals surface area contributed by atoms with E-state index in [9.17, 15) is 4.79 Å². The Morgan fingerprint density at radius 3 is 2.38 bits per heavy atom. The SMILES string of the molecule is CN(C)CCOc1ccc(-n2ccnc(NCCOc3ccccc3)c2=O)cc1. The number of nitrogens with zero attached hydrogens (tertiary/aromatic N) is 3. The molecule has 0 aliphatic heterocycles. The molecule has 0 bridgehead atoms. The fraction of sp³-hybridized carbons (Fsp3) is 0.273. The van der Waals surface area contributed by atoms with Crippen LogP contribution in [0.2, 0.25) is 0 Å². The molecule has 0 unspecified atom stereocenters. The number of ether oxygens (including phenoxy) is 2. The average molecular weight is 394 g/mol. The van der Waals surface area contributed by atoms with Crippen LogP contribution in [-0.4, -0.2) is 54.8 Å². The van der Waals surface area contributed by atoms with Crippen molar-refractivity contribution in [3.05, 3.63) is 77.3 Å². The highest BCUT2D eigenvalue weighted by atomic mass is 16.5. The molecule has 0 aliphatic carbocycles. The van der Waals surface area contributed by atoms with E-state index in [-0.39, 0.29) is 11.4 Å². The van der Waals surface area contributed by atoms with Gasteiger partial charge in [0.15, 0.2) is 5.82 Å². The highest BCUT2D eigenvalue weighted by Crippen LogP contribution is 2.14. The second-order valence-electron chi connectivity index (χ2n) is 6.68. The van der Waals surface area contributed by atoms with Gasteiger partial charge in [-0.1, -0.05) is 18.2 Å². The molecule has 0 aliphatic rings. The maximum Gasteiger partial charge on any atom is 0.297 e. The van der Waals surface area contributed by atoms with Crippen molar-refractivity contribution in [3.8, 4) is 17.2 Å². The molecule has 1 heterocycles. The summed E-state index contributed by atoms with van der Waals surface area (Å²) in [6.45, 7) is 2.36. The molecule has 1 N–H and O–H groups in total. The lowest BCUT2D eigenvalue weighted by Gasteiger charge is -2.12. The minimum absolute atomic E-state index is 0.214. The number of likely N-dealkylation sites (N-methyl/N-ethyl adjacent to an activating group) is 1. The number of benzene rings is 2. The van der Waals surface area contributed by atoms with E-state index in [1.54, 1.807) is 17.0 Å². The van der Waals surface area contributed by atoms with Crippen molar-refractivity contribution in [3.63, 3.8) is 0 Å². The Balaban J connectivity index is 1.58. The van der Waals surface area contributed by atoms with Gasteiger partial charge in [0.25, 0.3) is 5.56 Å². The van der Waals surface area contributed by atoms with Gasteiger partial charge in [-0.25, -0.2) is 4.98 Å². The first-order chi connectivity index (χ1) is 14.1. The van der Waals surface area contributed by atoms with Gasteiger partial charge in [-0.3, -0.25) is 9.36 Å². The van der Waals surface area contributed by atoms with Crippen LogP contribution in [-0.2, 0) is 0 Å². The van der Waals surface area contributed by atoms with Crippen molar-refractivity contribution >= 4 is 5.82 Å². The third kappa shape index (κ3) is 6.08. The molecule has 29 heavy (non-hydrogen) atoms. The van der Waals surface area contributed by atoms with E-state index < -0.39 is 0 Å². The first kappa shape index (κ1) is 20.4. The monoisotopic (exact) mass is 394 g/mol. The first-order valence-electron chi connectivity index (χ1n) is 9.51. The summed E-state index contributed by atoms with van der Waals surface area (Å²) in [4.78, 5) is 18.9. The zero-order valence-electron chi connectivity index (χ0n) is 16.7. The molecule has 0 atom stereocenters. The van der Waals surface area contributed by atoms with Crippen LogP contribution in [0.3, 0.4) is 0 Å². The number of hydrogen-bond donors (Lipinski definition) is 1. The van der Waals surface area contributed by atoms with E-state index in [0.717, 1.165) is 23.7 Å². The molecular formula is C22H26N4O3. The number of nitrogens with one attached hydrogen (secondary N) is 1. The molecule has 0 saturated carbocycles. The van der Waals surface area contributed by atoms with Crippen LogP contribution in [0.15, 0.2) is 71.8 Å². The van der Waals surface area contributed by atoms with Crippen molar-refractivity contribution < 1.29 is 9.47 Å². The van der Waals surface area contributed by atoms with Crippen LogP contribution in [0.1, 0.15) is 0 Å². The summed E-state index contributed by atoms with van der Waals surface area (Å²) in [5.74, 6) is 1.85. The molecule has 7 nitrogen and oxygen atoms in total. The largest absolute Gasteiger partial charge is 0.492 e. The molecular weight excluding hydrogens is 368 g/mol. The third-order valence-corrected chi connectivity index (χ3v) is 4.17. The molecule has 0 amide bonds. The topological polar surface area (TPSA) is 68.6 Å². The predicted octanol–water partition coefficient (Wildman–Crippen LogP) is 2.66. The normalized spacial score (nSPS) is 10.7. The number of aromatic nitrogens is 2. The summed E-state index contributed by atoms with van der Waals surface area (Å²) >= 11 is 0. The van der Waals surface area contributed by atoms with E-state index in [4.69, 9.17) is 9.47 Å². The number of rotatable bonds is 10. The van der Waals surface area contributed by atoms with E-state index >= 15 is 0 Å². The predicted molar refractivity (Wildman–Crippen MR) is 114 cm³/mol. The Bertz CT molecular complexity index is 940. The molecule has 1 aromatic heterocycles. The van der Waals surface area contributed by atoms with Crippen LogP contribution in [0, 0.1) is 0 Å². The van der Waals surface area contributed by atoms with Crippen LogP contribution < -0.4 is 20.3 Å². The Hall–Kier alpha value is -3.32. The smallest absolute Gasteiger partial charge is 0.297 e. The van der Waals surface area contributed by atoms with Gasteiger partial charge in [0.1, 0.15) is 24.7 Å². The van der Waals surface area contributed by atoms with Gasteiger partial charge >= 0.3 is 0 Å². The lowest BCUT2D eigenvalue weighted by atomic mass is 10.3. The summed E-state index contributed by atoms with van der Waals surface area (Å²) in [5.41, 5.74) is 0.537. The summed E-state index contributed by atoms with van der Waals surface area (Å²) in [6.07, 6.45) is 3.25. The minimum Gasteiger partial charge on any atom is -0.492 e.